The molecular formula is C67H130O17P2. The molecule has 0 aromatic heterocycles. The zero-order chi connectivity index (χ0) is 63.9. The third-order valence-corrected chi connectivity index (χ3v) is 17.6. The number of ether oxygens (including phenoxy) is 4. The van der Waals surface area contributed by atoms with E-state index in [0.717, 1.165) is 114 Å². The summed E-state index contributed by atoms with van der Waals surface area (Å²) < 4.78 is 68.1. The van der Waals surface area contributed by atoms with Crippen LogP contribution in [0.4, 0.5) is 0 Å². The maximum atomic E-state index is 13.0. The molecule has 510 valence electrons. The summed E-state index contributed by atoms with van der Waals surface area (Å²) in [7, 11) is -9.90. The van der Waals surface area contributed by atoms with E-state index in [1.807, 2.05) is 0 Å². The van der Waals surface area contributed by atoms with E-state index in [2.05, 4.69) is 55.4 Å². The van der Waals surface area contributed by atoms with E-state index in [1.54, 1.807) is 0 Å². The predicted octanol–water partition coefficient (Wildman–Crippen LogP) is 18.5. The number of hydrogen-bond acceptors (Lipinski definition) is 15. The summed E-state index contributed by atoms with van der Waals surface area (Å²) in [5, 5.41) is 10.6. The van der Waals surface area contributed by atoms with E-state index >= 15 is 0 Å². The Morgan fingerprint density at radius 1 is 0.326 bits per heavy atom. The number of unbranched alkanes of at least 4 members (excludes halogenated alkanes) is 29. The predicted molar refractivity (Wildman–Crippen MR) is 344 cm³/mol. The van der Waals surface area contributed by atoms with Gasteiger partial charge in [0.1, 0.15) is 19.3 Å². The van der Waals surface area contributed by atoms with Gasteiger partial charge in [-0.15, -0.1) is 0 Å². The van der Waals surface area contributed by atoms with Gasteiger partial charge >= 0.3 is 39.5 Å². The Hall–Kier alpha value is -1.94. The number of aliphatic hydroxyl groups is 1. The summed E-state index contributed by atoms with van der Waals surface area (Å²) in [6.07, 6.45) is 37.7. The van der Waals surface area contributed by atoms with Crippen molar-refractivity contribution >= 4 is 39.5 Å². The summed E-state index contributed by atoms with van der Waals surface area (Å²) in [5.41, 5.74) is 0. The van der Waals surface area contributed by atoms with Gasteiger partial charge in [0.05, 0.1) is 26.4 Å². The van der Waals surface area contributed by atoms with E-state index in [0.29, 0.717) is 31.6 Å². The first-order valence-electron chi connectivity index (χ1n) is 34.7. The molecule has 3 unspecified atom stereocenters. The van der Waals surface area contributed by atoms with Crippen molar-refractivity contribution < 1.29 is 80.2 Å². The Bertz CT molecular complexity index is 1720. The number of carbonyl (C=O) groups excluding carboxylic acids is 4. The Balaban J connectivity index is 5.25. The van der Waals surface area contributed by atoms with Crippen LogP contribution in [0, 0.1) is 23.7 Å². The fourth-order valence-electron chi connectivity index (χ4n) is 9.93. The van der Waals surface area contributed by atoms with Crippen LogP contribution in [0.3, 0.4) is 0 Å². The molecule has 19 heteroatoms. The fraction of sp³-hybridized carbons (Fsp3) is 0.940. The van der Waals surface area contributed by atoms with Crippen LogP contribution >= 0.6 is 15.6 Å². The Labute approximate surface area is 524 Å². The number of hydrogen-bond donors (Lipinski definition) is 3. The summed E-state index contributed by atoms with van der Waals surface area (Å²) in [5.74, 6) is 0.801. The van der Waals surface area contributed by atoms with Crippen molar-refractivity contribution in [2.45, 2.75) is 343 Å². The molecule has 0 aliphatic carbocycles. The molecule has 3 N–H and O–H groups in total. The number of phosphoric acid groups is 2. The molecule has 0 fully saturated rings. The van der Waals surface area contributed by atoms with Crippen LogP contribution in [0.15, 0.2) is 0 Å². The highest BCUT2D eigenvalue weighted by Gasteiger charge is 2.30. The lowest BCUT2D eigenvalue weighted by atomic mass is 9.99. The molecule has 17 nitrogen and oxygen atoms in total. The minimum absolute atomic E-state index is 0.103. The number of esters is 4. The lowest BCUT2D eigenvalue weighted by molar-refractivity contribution is -0.161. The third kappa shape index (κ3) is 59.7. The van der Waals surface area contributed by atoms with Crippen LogP contribution in [-0.4, -0.2) is 96.7 Å². The molecule has 0 amide bonds. The average Bonchev–Trinajstić information content (AvgIpc) is 3.60. The van der Waals surface area contributed by atoms with Crippen molar-refractivity contribution in [3.63, 3.8) is 0 Å². The summed E-state index contributed by atoms with van der Waals surface area (Å²) in [6.45, 7) is 14.0. The van der Waals surface area contributed by atoms with Gasteiger partial charge in [0.25, 0.3) is 0 Å². The Morgan fingerprint density at radius 2 is 0.558 bits per heavy atom. The van der Waals surface area contributed by atoms with E-state index in [9.17, 15) is 43.2 Å². The molecule has 0 bridgehead atoms. The van der Waals surface area contributed by atoms with Gasteiger partial charge in [0.2, 0.25) is 0 Å². The normalized spacial score (nSPS) is 14.7. The molecule has 0 radical (unpaired) electrons. The number of aliphatic hydroxyl groups excluding tert-OH is 1. The number of phosphoric ester groups is 2. The first-order chi connectivity index (χ1) is 41.1. The van der Waals surface area contributed by atoms with Crippen LogP contribution in [0.5, 0.6) is 0 Å². The van der Waals surface area contributed by atoms with Gasteiger partial charge in [-0.25, -0.2) is 9.13 Å². The van der Waals surface area contributed by atoms with Gasteiger partial charge in [-0.3, -0.25) is 37.3 Å². The second-order valence-electron chi connectivity index (χ2n) is 25.9. The monoisotopic (exact) mass is 1270 g/mol. The minimum Gasteiger partial charge on any atom is -0.462 e. The average molecular weight is 1270 g/mol. The maximum Gasteiger partial charge on any atom is 0.472 e. The fourth-order valence-corrected chi connectivity index (χ4v) is 11.5. The quantitative estimate of drug-likeness (QED) is 0.0222. The van der Waals surface area contributed by atoms with Gasteiger partial charge in [-0.1, -0.05) is 274 Å². The van der Waals surface area contributed by atoms with Crippen LogP contribution < -0.4 is 0 Å². The lowest BCUT2D eigenvalue weighted by Crippen LogP contribution is -2.30. The van der Waals surface area contributed by atoms with Crippen molar-refractivity contribution in [3.05, 3.63) is 0 Å². The first-order valence-corrected chi connectivity index (χ1v) is 37.7. The van der Waals surface area contributed by atoms with Crippen LogP contribution in [0.25, 0.3) is 0 Å². The second-order valence-corrected chi connectivity index (χ2v) is 28.8. The van der Waals surface area contributed by atoms with Crippen molar-refractivity contribution in [3.8, 4) is 0 Å². The molecule has 6 atom stereocenters. The summed E-state index contributed by atoms with van der Waals surface area (Å²) >= 11 is 0. The van der Waals surface area contributed by atoms with Gasteiger partial charge < -0.3 is 33.8 Å². The number of rotatable bonds is 64. The molecule has 0 spiro atoms. The smallest absolute Gasteiger partial charge is 0.462 e. The third-order valence-electron chi connectivity index (χ3n) is 15.7. The summed E-state index contributed by atoms with van der Waals surface area (Å²) in [4.78, 5) is 72.4. The van der Waals surface area contributed by atoms with Crippen molar-refractivity contribution in [1.82, 2.24) is 0 Å². The molecule has 0 saturated carbocycles. The highest BCUT2D eigenvalue weighted by molar-refractivity contribution is 7.47. The highest BCUT2D eigenvalue weighted by atomic mass is 31.2. The SMILES string of the molecule is CCC(C)CCCCCCCCCCC(=O)O[C@H](COC(=O)CCCCCCCCCCCCCC(C)C)COP(=O)(O)OC[C@@H](O)COP(=O)(O)OC[C@@H](COC(=O)CCCCCCCCC(C)C)OC(=O)CCCCCCCCCCC(C)C. The lowest BCUT2D eigenvalue weighted by Gasteiger charge is -2.21. The first kappa shape index (κ1) is 84.1. The molecule has 0 saturated heterocycles. The van der Waals surface area contributed by atoms with E-state index in [-0.39, 0.29) is 25.7 Å². The van der Waals surface area contributed by atoms with Crippen LogP contribution in [0.2, 0.25) is 0 Å². The van der Waals surface area contributed by atoms with Gasteiger partial charge in [0, 0.05) is 25.7 Å². The Morgan fingerprint density at radius 3 is 0.826 bits per heavy atom. The van der Waals surface area contributed by atoms with E-state index < -0.39 is 97.5 Å². The van der Waals surface area contributed by atoms with E-state index in [4.69, 9.17) is 37.0 Å². The van der Waals surface area contributed by atoms with Gasteiger partial charge in [0.15, 0.2) is 12.2 Å². The van der Waals surface area contributed by atoms with Gasteiger partial charge in [-0.05, 0) is 49.4 Å². The maximum absolute atomic E-state index is 13.0. The molecule has 0 rings (SSSR count). The van der Waals surface area contributed by atoms with Gasteiger partial charge in [-0.2, -0.15) is 0 Å². The largest absolute Gasteiger partial charge is 0.472 e. The molecule has 0 aromatic rings. The number of carbonyl (C=O) groups is 4. The second kappa shape index (κ2) is 57.0. The van der Waals surface area contributed by atoms with Crippen molar-refractivity contribution in [2.24, 2.45) is 23.7 Å². The van der Waals surface area contributed by atoms with Crippen molar-refractivity contribution in [1.29, 1.82) is 0 Å². The van der Waals surface area contributed by atoms with Crippen molar-refractivity contribution in [2.75, 3.05) is 39.6 Å². The highest BCUT2D eigenvalue weighted by Crippen LogP contribution is 2.45. The molecule has 0 aliphatic heterocycles. The van der Waals surface area contributed by atoms with Crippen LogP contribution in [0.1, 0.15) is 325 Å². The van der Waals surface area contributed by atoms with Crippen LogP contribution in [-0.2, 0) is 65.4 Å². The Kier molecular flexibility index (Phi) is 55.7. The summed E-state index contributed by atoms with van der Waals surface area (Å²) in [6, 6.07) is 0. The topological polar surface area (TPSA) is 237 Å². The molecule has 0 aromatic carbocycles. The molecule has 0 heterocycles. The molecular weight excluding hydrogens is 1140 g/mol. The minimum atomic E-state index is -4.95. The zero-order valence-electron chi connectivity index (χ0n) is 55.9. The molecule has 86 heavy (non-hydrogen) atoms. The zero-order valence-corrected chi connectivity index (χ0v) is 57.7. The standard InChI is InChI=1S/C67H130O17P2/c1-9-60(8)46-38-30-21-16-18-24-34-42-50-67(72)83-62(53-77-64(69)47-39-31-22-14-12-10-11-13-19-27-35-43-57(2)3)55-81-85(73,74)79-51-61(68)52-80-86(75,76)82-56-63(54-78-65(70)48-40-32-26-25-29-37-45-59(6)7)84-66(71)49-41-33-23-17-15-20-28-36-44-58(4)5/h57-63,68H,9-56H2,1-8H3,(H,73,74)(H,75,76)/t60?,61-,62-,63-/m1/s1. The molecule has 0 aliphatic rings. The van der Waals surface area contributed by atoms with E-state index in [1.165, 1.54) is 122 Å².